The summed E-state index contributed by atoms with van der Waals surface area (Å²) in [6.45, 7) is 1.90. The summed E-state index contributed by atoms with van der Waals surface area (Å²) < 4.78 is 1.49. The molecule has 0 amide bonds. The highest BCUT2D eigenvalue weighted by molar-refractivity contribution is 5.39. The van der Waals surface area contributed by atoms with Gasteiger partial charge in [0.15, 0.2) is 0 Å². The zero-order chi connectivity index (χ0) is 13.8. The number of hydrazine groups is 1. The third kappa shape index (κ3) is 2.67. The molecule has 20 heavy (non-hydrogen) atoms. The predicted octanol–water partition coefficient (Wildman–Crippen LogP) is 0.118. The summed E-state index contributed by atoms with van der Waals surface area (Å²) in [5.41, 5.74) is 2.47. The van der Waals surface area contributed by atoms with E-state index in [1.807, 2.05) is 0 Å². The molecule has 1 aliphatic rings. The van der Waals surface area contributed by atoms with Crippen LogP contribution >= 0.6 is 0 Å². The summed E-state index contributed by atoms with van der Waals surface area (Å²) in [5, 5.41) is 4.03. The quantitative estimate of drug-likeness (QED) is 0.600. The highest BCUT2D eigenvalue weighted by atomic mass is 15.4. The van der Waals surface area contributed by atoms with E-state index in [2.05, 4.69) is 35.4 Å². The van der Waals surface area contributed by atoms with Crippen LogP contribution in [0.2, 0.25) is 0 Å². The number of nitrogens with one attached hydrogen (secondary N) is 1. The molecular weight excluding hydrogens is 258 g/mol. The largest absolute Gasteiger partial charge is 0.341 e. The van der Waals surface area contributed by atoms with Crippen LogP contribution < -0.4 is 16.2 Å². The first-order valence-corrected chi connectivity index (χ1v) is 6.69. The summed E-state index contributed by atoms with van der Waals surface area (Å²) in [6.07, 6.45) is 7.78. The molecule has 106 valence electrons. The van der Waals surface area contributed by atoms with E-state index in [1.54, 1.807) is 6.33 Å². The molecule has 1 fully saturated rings. The maximum absolute atomic E-state index is 5.43. The molecule has 0 saturated carbocycles. The summed E-state index contributed by atoms with van der Waals surface area (Å²) in [6, 6.07) is 0. The third-order valence-corrected chi connectivity index (χ3v) is 3.25. The number of nitrogens with zero attached hydrogens (tertiary/aromatic N) is 7. The number of rotatable bonds is 3. The Hall–Kier alpha value is -2.29. The van der Waals surface area contributed by atoms with Gasteiger partial charge in [-0.05, 0) is 12.8 Å². The summed E-state index contributed by atoms with van der Waals surface area (Å²) >= 11 is 0. The van der Waals surface area contributed by atoms with Crippen molar-refractivity contribution < 1.29 is 0 Å². The number of hydrogen-bond donors (Lipinski definition) is 2. The lowest BCUT2D eigenvalue weighted by Gasteiger charge is -2.20. The van der Waals surface area contributed by atoms with Crippen molar-refractivity contribution >= 4 is 11.9 Å². The van der Waals surface area contributed by atoms with E-state index in [0.717, 1.165) is 25.9 Å². The molecule has 0 aromatic carbocycles. The molecule has 3 heterocycles. The average Bonchev–Trinajstić information content (AvgIpc) is 2.89. The normalized spacial score (nSPS) is 15.9. The molecule has 2 aromatic heterocycles. The van der Waals surface area contributed by atoms with Gasteiger partial charge in [-0.2, -0.15) is 24.7 Å². The number of anilines is 2. The smallest absolute Gasteiger partial charge is 0.258 e. The van der Waals surface area contributed by atoms with Crippen LogP contribution in [-0.2, 0) is 0 Å². The van der Waals surface area contributed by atoms with Crippen LogP contribution in [0.1, 0.15) is 25.7 Å². The van der Waals surface area contributed by atoms with Crippen LogP contribution in [0.4, 0.5) is 11.9 Å². The first kappa shape index (κ1) is 12.7. The third-order valence-electron chi connectivity index (χ3n) is 3.25. The van der Waals surface area contributed by atoms with Gasteiger partial charge in [0.2, 0.25) is 11.9 Å². The van der Waals surface area contributed by atoms with E-state index in [1.165, 1.54) is 23.9 Å². The lowest BCUT2D eigenvalue weighted by molar-refractivity contribution is 0.726. The molecule has 0 radical (unpaired) electrons. The lowest BCUT2D eigenvalue weighted by atomic mass is 10.2. The van der Waals surface area contributed by atoms with Gasteiger partial charge in [0.05, 0.1) is 0 Å². The Morgan fingerprint density at radius 2 is 1.75 bits per heavy atom. The summed E-state index contributed by atoms with van der Waals surface area (Å²) in [5.74, 6) is 6.79. The Kier molecular flexibility index (Phi) is 3.68. The zero-order valence-corrected chi connectivity index (χ0v) is 11.1. The molecule has 0 spiro atoms. The molecule has 0 unspecified atom stereocenters. The number of hydrogen-bond acceptors (Lipinski definition) is 8. The number of nitrogen functional groups attached to an aromatic ring is 1. The molecule has 9 heteroatoms. The predicted molar refractivity (Wildman–Crippen MR) is 73.2 cm³/mol. The molecular formula is C11H17N9. The molecule has 2 aromatic rings. The average molecular weight is 275 g/mol. The van der Waals surface area contributed by atoms with Crippen molar-refractivity contribution in [3.8, 4) is 5.95 Å². The fraction of sp³-hybridized carbons (Fsp3) is 0.545. The molecule has 0 bridgehead atoms. The second-order valence-electron chi connectivity index (χ2n) is 4.64. The van der Waals surface area contributed by atoms with Crippen LogP contribution in [0, 0.1) is 0 Å². The minimum atomic E-state index is 0.324. The standard InChI is InChI=1S/C11H17N9/c12-18-9-15-10(19-5-3-1-2-4-6-19)17-11(16-9)20-8-13-7-14-20/h7-8H,1-6,12H2,(H,15,16,17,18). The first-order valence-electron chi connectivity index (χ1n) is 6.69. The Balaban J connectivity index is 1.95. The van der Waals surface area contributed by atoms with Crippen LogP contribution in [0.5, 0.6) is 0 Å². The zero-order valence-electron chi connectivity index (χ0n) is 11.1. The number of aromatic nitrogens is 6. The first-order chi connectivity index (χ1) is 9.86. The monoisotopic (exact) mass is 275 g/mol. The van der Waals surface area contributed by atoms with Gasteiger partial charge in [-0.1, -0.05) is 12.8 Å². The Morgan fingerprint density at radius 1 is 1.00 bits per heavy atom. The van der Waals surface area contributed by atoms with Crippen LogP contribution in [0.15, 0.2) is 12.7 Å². The molecule has 9 nitrogen and oxygen atoms in total. The molecule has 0 aliphatic carbocycles. The molecule has 3 rings (SSSR count). The molecule has 1 saturated heterocycles. The van der Waals surface area contributed by atoms with E-state index in [4.69, 9.17) is 5.84 Å². The Morgan fingerprint density at radius 3 is 2.40 bits per heavy atom. The lowest BCUT2D eigenvalue weighted by Crippen LogP contribution is -2.27. The van der Waals surface area contributed by atoms with Gasteiger partial charge in [-0.25, -0.2) is 10.8 Å². The van der Waals surface area contributed by atoms with Gasteiger partial charge in [-0.15, -0.1) is 0 Å². The van der Waals surface area contributed by atoms with E-state index in [-0.39, 0.29) is 0 Å². The van der Waals surface area contributed by atoms with Gasteiger partial charge in [0.25, 0.3) is 5.95 Å². The van der Waals surface area contributed by atoms with Crippen molar-refractivity contribution in [1.29, 1.82) is 0 Å². The van der Waals surface area contributed by atoms with E-state index >= 15 is 0 Å². The van der Waals surface area contributed by atoms with Crippen molar-refractivity contribution in [2.45, 2.75) is 25.7 Å². The van der Waals surface area contributed by atoms with E-state index < -0.39 is 0 Å². The Bertz CT molecular complexity index is 545. The van der Waals surface area contributed by atoms with Gasteiger partial charge in [-0.3, -0.25) is 5.43 Å². The van der Waals surface area contributed by atoms with Crippen molar-refractivity contribution in [1.82, 2.24) is 29.7 Å². The fourth-order valence-corrected chi connectivity index (χ4v) is 2.24. The Labute approximate surface area is 116 Å². The van der Waals surface area contributed by atoms with Gasteiger partial charge >= 0.3 is 0 Å². The van der Waals surface area contributed by atoms with Crippen LogP contribution in [-0.4, -0.2) is 42.8 Å². The van der Waals surface area contributed by atoms with E-state index in [9.17, 15) is 0 Å². The van der Waals surface area contributed by atoms with Gasteiger partial charge in [0, 0.05) is 13.1 Å². The minimum Gasteiger partial charge on any atom is -0.341 e. The fourth-order valence-electron chi connectivity index (χ4n) is 2.24. The SMILES string of the molecule is NNc1nc(N2CCCCCC2)nc(-n2cncn2)n1. The molecule has 0 atom stereocenters. The van der Waals surface area contributed by atoms with Crippen molar-refractivity contribution in [2.24, 2.45) is 5.84 Å². The second-order valence-corrected chi connectivity index (χ2v) is 4.64. The van der Waals surface area contributed by atoms with E-state index in [0.29, 0.717) is 17.8 Å². The summed E-state index contributed by atoms with van der Waals surface area (Å²) in [7, 11) is 0. The minimum absolute atomic E-state index is 0.324. The second kappa shape index (κ2) is 5.78. The molecule has 1 aliphatic heterocycles. The highest BCUT2D eigenvalue weighted by Gasteiger charge is 2.16. The maximum Gasteiger partial charge on any atom is 0.258 e. The van der Waals surface area contributed by atoms with Crippen LogP contribution in [0.25, 0.3) is 5.95 Å². The highest BCUT2D eigenvalue weighted by Crippen LogP contribution is 2.17. The van der Waals surface area contributed by atoms with Crippen molar-refractivity contribution in [3.05, 3.63) is 12.7 Å². The van der Waals surface area contributed by atoms with Gasteiger partial charge in [0.1, 0.15) is 12.7 Å². The topological polar surface area (TPSA) is 111 Å². The van der Waals surface area contributed by atoms with Crippen molar-refractivity contribution in [2.75, 3.05) is 23.4 Å². The molecule has 3 N–H and O–H groups in total. The number of nitrogens with two attached hydrogens (primary N) is 1. The van der Waals surface area contributed by atoms with Crippen LogP contribution in [0.3, 0.4) is 0 Å². The maximum atomic E-state index is 5.43. The summed E-state index contributed by atoms with van der Waals surface area (Å²) in [4.78, 5) is 19.0. The van der Waals surface area contributed by atoms with Crippen molar-refractivity contribution in [3.63, 3.8) is 0 Å². The van der Waals surface area contributed by atoms with Gasteiger partial charge < -0.3 is 4.90 Å².